The standard InChI is InChI=1S/C22H20N4O2S/c1-2-4-19-18(3-1)22(26-21(25-19)16-7-10-29-14-16)24-12-15-5-8-23-20(11-15)28-17-6-9-27-13-17/h1-5,7-8,10-11,14,17H,6,9,12-13H2,(H,24,25,26). The predicted octanol–water partition coefficient (Wildman–Crippen LogP) is 4.53. The molecule has 0 amide bonds. The van der Waals surface area contributed by atoms with Crippen molar-refractivity contribution in [1.29, 1.82) is 0 Å². The summed E-state index contributed by atoms with van der Waals surface area (Å²) < 4.78 is 11.3. The van der Waals surface area contributed by atoms with E-state index in [2.05, 4.69) is 15.7 Å². The van der Waals surface area contributed by atoms with E-state index >= 15 is 0 Å². The Morgan fingerprint density at radius 3 is 3.00 bits per heavy atom. The smallest absolute Gasteiger partial charge is 0.213 e. The molecule has 4 heterocycles. The summed E-state index contributed by atoms with van der Waals surface area (Å²) >= 11 is 1.64. The molecule has 1 N–H and O–H groups in total. The highest BCUT2D eigenvalue weighted by Gasteiger charge is 2.17. The molecule has 0 saturated carbocycles. The largest absolute Gasteiger partial charge is 0.472 e. The molecule has 0 radical (unpaired) electrons. The lowest BCUT2D eigenvalue weighted by atomic mass is 10.2. The monoisotopic (exact) mass is 404 g/mol. The van der Waals surface area contributed by atoms with E-state index < -0.39 is 0 Å². The molecule has 3 aromatic heterocycles. The number of thiophene rings is 1. The highest BCUT2D eigenvalue weighted by atomic mass is 32.1. The summed E-state index contributed by atoms with van der Waals surface area (Å²) in [5.41, 5.74) is 3.03. The number of benzene rings is 1. The van der Waals surface area contributed by atoms with Gasteiger partial charge in [-0.1, -0.05) is 12.1 Å². The van der Waals surface area contributed by atoms with Gasteiger partial charge in [0, 0.05) is 41.6 Å². The number of nitrogens with one attached hydrogen (secondary N) is 1. The van der Waals surface area contributed by atoms with Crippen molar-refractivity contribution in [3.8, 4) is 17.3 Å². The number of nitrogens with zero attached hydrogens (tertiary/aromatic N) is 3. The number of hydrogen-bond donors (Lipinski definition) is 1. The van der Waals surface area contributed by atoms with Gasteiger partial charge >= 0.3 is 0 Å². The van der Waals surface area contributed by atoms with E-state index in [0.29, 0.717) is 19.0 Å². The van der Waals surface area contributed by atoms with Crippen molar-refractivity contribution >= 4 is 28.1 Å². The molecule has 1 saturated heterocycles. The van der Waals surface area contributed by atoms with E-state index in [-0.39, 0.29) is 6.10 Å². The molecule has 29 heavy (non-hydrogen) atoms. The first-order valence-electron chi connectivity index (χ1n) is 9.58. The van der Waals surface area contributed by atoms with Gasteiger partial charge in [0.05, 0.1) is 18.7 Å². The minimum absolute atomic E-state index is 0.0877. The molecule has 7 heteroatoms. The molecule has 0 aliphatic carbocycles. The van der Waals surface area contributed by atoms with Gasteiger partial charge in [-0.3, -0.25) is 0 Å². The fourth-order valence-electron chi connectivity index (χ4n) is 3.32. The molecule has 5 rings (SSSR count). The number of anilines is 1. The number of fused-ring (bicyclic) bond motifs is 1. The van der Waals surface area contributed by atoms with Crippen LogP contribution in [0.5, 0.6) is 5.88 Å². The molecule has 1 unspecified atom stereocenters. The van der Waals surface area contributed by atoms with Crippen LogP contribution in [0.25, 0.3) is 22.3 Å². The van der Waals surface area contributed by atoms with Crippen LogP contribution in [-0.2, 0) is 11.3 Å². The maximum atomic E-state index is 5.92. The molecule has 1 aliphatic rings. The Hall–Kier alpha value is -3.03. The van der Waals surface area contributed by atoms with E-state index in [1.165, 1.54) is 0 Å². The molecule has 1 atom stereocenters. The molecule has 1 aliphatic heterocycles. The Kier molecular flexibility index (Phi) is 5.06. The lowest BCUT2D eigenvalue weighted by molar-refractivity contribution is 0.138. The van der Waals surface area contributed by atoms with Crippen molar-refractivity contribution in [1.82, 2.24) is 15.0 Å². The van der Waals surface area contributed by atoms with E-state index in [0.717, 1.165) is 46.7 Å². The molecule has 0 spiro atoms. The lowest BCUT2D eigenvalue weighted by Crippen LogP contribution is -2.16. The first-order valence-corrected chi connectivity index (χ1v) is 10.5. The van der Waals surface area contributed by atoms with E-state index in [9.17, 15) is 0 Å². The van der Waals surface area contributed by atoms with Crippen LogP contribution in [0.4, 0.5) is 5.82 Å². The summed E-state index contributed by atoms with van der Waals surface area (Å²) in [6.45, 7) is 1.99. The van der Waals surface area contributed by atoms with Crippen LogP contribution < -0.4 is 10.1 Å². The topological polar surface area (TPSA) is 69.2 Å². The number of aromatic nitrogens is 3. The van der Waals surface area contributed by atoms with Crippen LogP contribution in [0.2, 0.25) is 0 Å². The van der Waals surface area contributed by atoms with Crippen molar-refractivity contribution in [3.05, 3.63) is 65.0 Å². The molecule has 4 aromatic rings. The van der Waals surface area contributed by atoms with E-state index in [1.54, 1.807) is 17.5 Å². The summed E-state index contributed by atoms with van der Waals surface area (Å²) in [6, 6.07) is 14.0. The Balaban J connectivity index is 1.39. The number of hydrogen-bond acceptors (Lipinski definition) is 7. The van der Waals surface area contributed by atoms with Crippen molar-refractivity contribution in [2.24, 2.45) is 0 Å². The highest BCUT2D eigenvalue weighted by Crippen LogP contribution is 2.26. The van der Waals surface area contributed by atoms with Crippen molar-refractivity contribution < 1.29 is 9.47 Å². The number of ether oxygens (including phenoxy) is 2. The molecule has 1 aromatic carbocycles. The highest BCUT2D eigenvalue weighted by molar-refractivity contribution is 7.08. The normalized spacial score (nSPS) is 16.2. The summed E-state index contributed by atoms with van der Waals surface area (Å²) in [6.07, 6.45) is 2.77. The molecule has 6 nitrogen and oxygen atoms in total. The molecule has 146 valence electrons. The first kappa shape index (κ1) is 18.0. The van der Waals surface area contributed by atoms with Gasteiger partial charge in [-0.15, -0.1) is 0 Å². The van der Waals surface area contributed by atoms with Gasteiger partial charge in [0.2, 0.25) is 5.88 Å². The average molecular weight is 404 g/mol. The maximum absolute atomic E-state index is 5.92. The third kappa shape index (κ3) is 4.06. The Morgan fingerprint density at radius 2 is 2.14 bits per heavy atom. The van der Waals surface area contributed by atoms with E-state index in [1.807, 2.05) is 47.8 Å². The second-order valence-electron chi connectivity index (χ2n) is 6.88. The number of pyridine rings is 1. The summed E-state index contributed by atoms with van der Waals surface area (Å²) in [4.78, 5) is 13.8. The Morgan fingerprint density at radius 1 is 1.17 bits per heavy atom. The Labute approximate surface area is 172 Å². The van der Waals surface area contributed by atoms with Gasteiger partial charge < -0.3 is 14.8 Å². The third-order valence-corrected chi connectivity index (χ3v) is 5.50. The molecular weight excluding hydrogens is 384 g/mol. The van der Waals surface area contributed by atoms with Crippen LogP contribution in [0.3, 0.4) is 0 Å². The SMILES string of the molecule is c1ccc2c(NCc3ccnc(OC4CCOC4)c3)nc(-c3ccsc3)nc2c1. The second-order valence-corrected chi connectivity index (χ2v) is 7.66. The van der Waals surface area contributed by atoms with Crippen LogP contribution in [0.15, 0.2) is 59.4 Å². The molecule has 0 bridgehead atoms. The zero-order valence-electron chi connectivity index (χ0n) is 15.7. The second kappa shape index (κ2) is 8.14. The van der Waals surface area contributed by atoms with Gasteiger partial charge in [-0.2, -0.15) is 11.3 Å². The van der Waals surface area contributed by atoms with E-state index in [4.69, 9.17) is 19.4 Å². The Bertz CT molecular complexity index is 1110. The minimum atomic E-state index is 0.0877. The quantitative estimate of drug-likeness (QED) is 0.509. The minimum Gasteiger partial charge on any atom is -0.472 e. The zero-order chi connectivity index (χ0) is 19.5. The first-order chi connectivity index (χ1) is 14.3. The van der Waals surface area contributed by atoms with Gasteiger partial charge in [-0.05, 0) is 35.2 Å². The van der Waals surface area contributed by atoms with Crippen LogP contribution in [0, 0.1) is 0 Å². The molecule has 1 fully saturated rings. The van der Waals surface area contributed by atoms with Crippen molar-refractivity contribution in [3.63, 3.8) is 0 Å². The van der Waals surface area contributed by atoms with Gasteiger partial charge in [-0.25, -0.2) is 15.0 Å². The average Bonchev–Trinajstić information content (AvgIpc) is 3.46. The predicted molar refractivity (Wildman–Crippen MR) is 114 cm³/mol. The maximum Gasteiger partial charge on any atom is 0.213 e. The fourth-order valence-corrected chi connectivity index (χ4v) is 3.95. The third-order valence-electron chi connectivity index (χ3n) is 4.82. The fraction of sp³-hybridized carbons (Fsp3) is 0.227. The van der Waals surface area contributed by atoms with Crippen LogP contribution >= 0.6 is 11.3 Å². The number of para-hydroxylation sites is 1. The summed E-state index contributed by atoms with van der Waals surface area (Å²) in [5, 5.41) is 8.57. The lowest BCUT2D eigenvalue weighted by Gasteiger charge is -2.13. The zero-order valence-corrected chi connectivity index (χ0v) is 16.6. The summed E-state index contributed by atoms with van der Waals surface area (Å²) in [7, 11) is 0. The van der Waals surface area contributed by atoms with Gasteiger partial charge in [0.1, 0.15) is 11.9 Å². The van der Waals surface area contributed by atoms with Gasteiger partial charge in [0.25, 0.3) is 0 Å². The number of rotatable bonds is 6. The van der Waals surface area contributed by atoms with Gasteiger partial charge in [0.15, 0.2) is 5.82 Å². The summed E-state index contributed by atoms with van der Waals surface area (Å²) in [5.74, 6) is 2.18. The van der Waals surface area contributed by atoms with Crippen molar-refractivity contribution in [2.45, 2.75) is 19.1 Å². The van der Waals surface area contributed by atoms with Crippen LogP contribution in [-0.4, -0.2) is 34.3 Å². The van der Waals surface area contributed by atoms with Crippen LogP contribution in [0.1, 0.15) is 12.0 Å². The van der Waals surface area contributed by atoms with Crippen molar-refractivity contribution in [2.75, 3.05) is 18.5 Å². The molecular formula is C22H20N4O2S.